The molecule has 2 saturated heterocycles. The molecule has 5 aliphatic carbocycles. The standard InChI is InChI=1S/C85H97ClN12O24/c1-35(2)19-52(89-6)76(106)97-67-69(101)40-8-12-54(36(3)20-40)118-58-29-45-30-59(73(58)121-83-72(104)71(103)74-60(120-83)34-90-84(113)122-74)119-55-13-9-41(27-51(55)86)70(102)68-82(112)96-66(80(110)93-63-43-22-37-21-38(24-43)25-44(63)23-37)48-31-46(99)32-50-62(48)47-26-39(7-11-49(47)85(50,114)115)64(78(108)98-68)95-79(109)65(45)94-77(107)53(91-81(67)111)33-61(100)92-75(105)42-10-14-56(116-17-15-87-4)57(28-42)117-18-16-88-5/h7-14,20,26-32,35,37-38,43-44,52-53,60,63-72,74,83,87-89,99,101-104,114-115H,15-19,21-25,33-34H2,1-6H3,(H,90,113)(H,91,111)(H,93,110)(H,94,107)(H,95,109)(H,96,112)(H,97,106)(H,98,108)(H,92,100,105)/t37?,38?,43?,44?,52-,53+,60-,63?,64-,65-,66+,67-,68+,69-,70-,71-,72-,74-,83+/m1/s1. The lowest BCUT2D eigenvalue weighted by atomic mass is 9.54. The van der Waals surface area contributed by atoms with Crippen molar-refractivity contribution in [1.29, 1.82) is 0 Å². The minimum absolute atomic E-state index is 0.0445. The van der Waals surface area contributed by atoms with E-state index in [1.807, 2.05) is 13.8 Å². The van der Waals surface area contributed by atoms with Crippen molar-refractivity contribution >= 4 is 70.9 Å². The van der Waals surface area contributed by atoms with E-state index in [4.69, 9.17) is 44.8 Å². The minimum Gasteiger partial charge on any atom is -0.508 e. The molecule has 18 rings (SSSR count). The maximum absolute atomic E-state index is 16.6. The third-order valence-electron chi connectivity index (χ3n) is 24.1. The molecule has 0 aromatic heterocycles. The SMILES string of the molecule is CNCCOc1ccc(C(=O)NC(=O)C[C@@H]2NC(=O)[C@H](NC(=O)[C@@H](CC(C)C)NC)[C@H](O)c3ccc(c(C)c3)Oc3cc4cc(c3O[C@@H]3O[C@@H]5CNC(=O)O[C@H]5[C@H](O)[C@H]3O)Oc3ccc(cc3Cl)[C@@H](O)[C@@H]3NC(=O)[C@H](NC(=O)[C@@H]4NC2=O)c2ccc4c(c2)-c2c(cc(O)cc2C4(O)O)[C@@H](C(=O)NC2C4CC5CC(C4)CC2C5)NC3=O)cc1OCCNC. The molecule has 6 aromatic rings. The summed E-state index contributed by atoms with van der Waals surface area (Å²) < 4.78 is 43.6. The van der Waals surface area contributed by atoms with Crippen molar-refractivity contribution in [2.75, 3.05) is 54.0 Å². The topological polar surface area (TPSA) is 521 Å². The first-order valence-electron chi connectivity index (χ1n) is 40.6. The lowest BCUT2D eigenvalue weighted by Gasteiger charge is -2.54. The van der Waals surface area contributed by atoms with Crippen molar-refractivity contribution in [3.8, 4) is 57.1 Å². The quantitative estimate of drug-likeness (QED) is 0.0383. The maximum atomic E-state index is 16.6. The highest BCUT2D eigenvalue weighted by molar-refractivity contribution is 6.32. The van der Waals surface area contributed by atoms with Crippen LogP contribution in [0, 0.1) is 36.5 Å². The first-order valence-corrected chi connectivity index (χ1v) is 41.0. The van der Waals surface area contributed by atoms with E-state index in [0.29, 0.717) is 24.9 Å². The third kappa shape index (κ3) is 17.3. The molecule has 12 aliphatic rings. The van der Waals surface area contributed by atoms with Crippen LogP contribution in [0.2, 0.25) is 5.02 Å². The van der Waals surface area contributed by atoms with Crippen LogP contribution in [0.1, 0.15) is 144 Å². The molecular weight excluding hydrogens is 1610 g/mol. The first-order chi connectivity index (χ1) is 58.3. The largest absolute Gasteiger partial charge is 0.508 e. The summed E-state index contributed by atoms with van der Waals surface area (Å²) in [5.74, 6) is -14.9. The number of halogens is 1. The Hall–Kier alpha value is -11.3. The number of phenols is 1. The molecule has 0 unspecified atom stereocenters. The third-order valence-corrected chi connectivity index (χ3v) is 24.4. The minimum atomic E-state index is -2.98. The van der Waals surface area contributed by atoms with E-state index < -0.39 is 185 Å². The molecule has 19 N–H and O–H groups in total. The lowest BCUT2D eigenvalue weighted by Crippen LogP contribution is -2.65. The molecule has 15 bridgehead atoms. The van der Waals surface area contributed by atoms with Crippen LogP contribution >= 0.6 is 11.6 Å². The van der Waals surface area contributed by atoms with Crippen LogP contribution in [-0.4, -0.2) is 210 Å². The summed E-state index contributed by atoms with van der Waals surface area (Å²) in [6.07, 6.45) is -10.2. The highest BCUT2D eigenvalue weighted by Gasteiger charge is 2.54. The number of benzene rings is 6. The van der Waals surface area contributed by atoms with Gasteiger partial charge in [0.2, 0.25) is 65.1 Å². The van der Waals surface area contributed by atoms with Crippen LogP contribution < -0.4 is 87.5 Å². The Kier molecular flexibility index (Phi) is 24.8. The van der Waals surface area contributed by atoms with Crippen molar-refractivity contribution in [2.45, 2.75) is 163 Å². The number of likely N-dealkylation sites (N-methyl/N-ethyl adjacent to an activating group) is 3. The summed E-state index contributed by atoms with van der Waals surface area (Å²) in [7, 11) is 4.91. The number of fused-ring (bicyclic) bond motifs is 13. The second-order valence-corrected chi connectivity index (χ2v) is 33.3. The zero-order valence-corrected chi connectivity index (χ0v) is 68.0. The Morgan fingerprint density at radius 2 is 1.29 bits per heavy atom. The molecular formula is C85H97ClN12O24. The summed E-state index contributed by atoms with van der Waals surface area (Å²) >= 11 is 7.25. The van der Waals surface area contributed by atoms with Gasteiger partial charge in [0.05, 0.1) is 24.0 Å². The summed E-state index contributed by atoms with van der Waals surface area (Å²) in [5.41, 5.74) is -1.83. The molecule has 6 fully saturated rings. The molecule has 648 valence electrons. The number of phenolic OH excluding ortho intramolecular Hbond substituents is 1. The Balaban J connectivity index is 0.902. The Bertz CT molecular complexity index is 5120. The van der Waals surface area contributed by atoms with Crippen LogP contribution in [0.4, 0.5) is 4.79 Å². The van der Waals surface area contributed by atoms with Gasteiger partial charge in [-0.25, -0.2) is 4.79 Å². The number of nitrogens with one attached hydrogen (secondary N) is 12. The molecule has 122 heavy (non-hydrogen) atoms. The molecule has 10 amide bonds. The fourth-order valence-electron chi connectivity index (χ4n) is 18.2. The predicted molar refractivity (Wildman–Crippen MR) is 430 cm³/mol. The molecule has 37 heteroatoms. The van der Waals surface area contributed by atoms with E-state index in [-0.39, 0.29) is 134 Å². The second kappa shape index (κ2) is 35.3. The van der Waals surface area contributed by atoms with Gasteiger partial charge in [0.15, 0.2) is 29.1 Å². The highest BCUT2D eigenvalue weighted by Crippen LogP contribution is 2.56. The van der Waals surface area contributed by atoms with Crippen LogP contribution in [-0.2, 0) is 53.6 Å². The van der Waals surface area contributed by atoms with Gasteiger partial charge in [0.1, 0.15) is 97.2 Å². The Morgan fingerprint density at radius 1 is 0.639 bits per heavy atom. The fraction of sp³-hybridized carbons (Fsp3) is 0.459. The second-order valence-electron chi connectivity index (χ2n) is 32.9. The van der Waals surface area contributed by atoms with Crippen LogP contribution in [0.3, 0.4) is 0 Å². The normalized spacial score (nSPS) is 28.1. The number of aliphatic hydroxyl groups excluding tert-OH is 4. The summed E-state index contributed by atoms with van der Waals surface area (Å²) in [6.45, 7) is 6.01. The number of carbonyl (C=O) groups excluding carboxylic acids is 10. The van der Waals surface area contributed by atoms with Gasteiger partial charge in [-0.3, -0.25) is 48.5 Å². The zero-order valence-electron chi connectivity index (χ0n) is 67.2. The van der Waals surface area contributed by atoms with Gasteiger partial charge in [-0.2, -0.15) is 0 Å². The molecule has 14 atom stereocenters. The van der Waals surface area contributed by atoms with Crippen LogP contribution in [0.15, 0.2) is 97.1 Å². The van der Waals surface area contributed by atoms with Gasteiger partial charge in [-0.1, -0.05) is 49.7 Å². The number of alkyl carbamates (subject to hydrolysis) is 1. The number of amides is 10. The monoisotopic (exact) mass is 1700 g/mol. The van der Waals surface area contributed by atoms with E-state index >= 15 is 28.8 Å². The molecule has 7 aliphatic heterocycles. The number of aromatic hydroxyl groups is 1. The van der Waals surface area contributed by atoms with Crippen molar-refractivity contribution in [3.63, 3.8) is 0 Å². The summed E-state index contributed by atoms with van der Waals surface area (Å²) in [5, 5.41) is 118. The van der Waals surface area contributed by atoms with E-state index in [2.05, 4.69) is 63.8 Å². The molecule has 7 heterocycles. The van der Waals surface area contributed by atoms with Gasteiger partial charge in [0.25, 0.3) is 5.91 Å². The first kappa shape index (κ1) is 85.7. The number of ether oxygens (including phenoxy) is 7. The van der Waals surface area contributed by atoms with E-state index in [0.717, 1.165) is 50.3 Å². The number of aliphatic hydroxyl groups is 6. The van der Waals surface area contributed by atoms with Crippen molar-refractivity contribution < 1.29 is 117 Å². The maximum Gasteiger partial charge on any atom is 0.407 e. The average molecular weight is 1710 g/mol. The number of hydrogen-bond acceptors (Lipinski definition) is 27. The van der Waals surface area contributed by atoms with Gasteiger partial charge in [0, 0.05) is 35.8 Å². The highest BCUT2D eigenvalue weighted by atomic mass is 35.5. The molecule has 36 nitrogen and oxygen atoms in total. The van der Waals surface area contributed by atoms with Crippen LogP contribution in [0.5, 0.6) is 46.0 Å². The summed E-state index contributed by atoms with van der Waals surface area (Å²) in [6, 6.07) is 5.69. The predicted octanol–water partition coefficient (Wildman–Crippen LogP) is 1.89. The van der Waals surface area contributed by atoms with Gasteiger partial charge in [-0.15, -0.1) is 0 Å². The molecule has 6 aromatic carbocycles. The van der Waals surface area contributed by atoms with Gasteiger partial charge >= 0.3 is 6.09 Å². The fourth-order valence-corrected chi connectivity index (χ4v) is 18.5. The Labute approximate surface area is 703 Å². The zero-order chi connectivity index (χ0) is 86.6. The number of hydrogen-bond donors (Lipinski definition) is 19. The summed E-state index contributed by atoms with van der Waals surface area (Å²) in [4.78, 5) is 152. The number of aryl methyl sites for hydroxylation is 1. The molecule has 0 spiro atoms. The molecule has 4 saturated carbocycles. The van der Waals surface area contributed by atoms with E-state index in [1.165, 1.54) is 92.8 Å². The van der Waals surface area contributed by atoms with Gasteiger partial charge < -0.3 is 127 Å². The lowest BCUT2D eigenvalue weighted by molar-refractivity contribution is -0.275. The van der Waals surface area contributed by atoms with Crippen LogP contribution in [0.25, 0.3) is 11.1 Å². The van der Waals surface area contributed by atoms with Crippen molar-refractivity contribution in [1.82, 2.24) is 63.8 Å². The van der Waals surface area contributed by atoms with Crippen molar-refractivity contribution in [2.24, 2.45) is 29.6 Å². The number of rotatable bonds is 20. The van der Waals surface area contributed by atoms with Crippen molar-refractivity contribution in [3.05, 3.63) is 152 Å². The van der Waals surface area contributed by atoms with Gasteiger partial charge in [-0.05, 0) is 213 Å². The number of imide groups is 1. The average Bonchev–Trinajstić information content (AvgIpc) is 1.54. The smallest absolute Gasteiger partial charge is 0.407 e. The number of carbonyl (C=O) groups is 10. The molecule has 0 radical (unpaired) electrons. The van der Waals surface area contributed by atoms with E-state index in [9.17, 15) is 54.9 Å². The Morgan fingerprint density at radius 3 is 1.96 bits per heavy atom. The van der Waals surface area contributed by atoms with E-state index in [1.54, 1.807) is 14.1 Å².